The quantitative estimate of drug-likeness (QED) is 0.680. The molecule has 0 N–H and O–H groups in total. The lowest BCUT2D eigenvalue weighted by atomic mass is 10.0. The van der Waals surface area contributed by atoms with Crippen molar-refractivity contribution in [2.45, 2.75) is 50.8 Å². The third kappa shape index (κ3) is 5.24. The van der Waals surface area contributed by atoms with Gasteiger partial charge in [0, 0.05) is 40.2 Å². The number of rotatable bonds is 5. The average molecular weight is 391 g/mol. The number of carbonyl (C=O) groups excluding carboxylic acids is 1. The summed E-state index contributed by atoms with van der Waals surface area (Å²) in [4.78, 5) is 19.2. The molecule has 1 atom stereocenters. The number of hydrogen-bond donors (Lipinski definition) is 0. The van der Waals surface area contributed by atoms with Crippen molar-refractivity contribution < 1.29 is 9.53 Å². The first-order valence-electron chi connectivity index (χ1n) is 9.05. The summed E-state index contributed by atoms with van der Waals surface area (Å²) in [5.41, 5.74) is 0.726. The average Bonchev–Trinajstić information content (AvgIpc) is 3.13. The van der Waals surface area contributed by atoms with Gasteiger partial charge in [0.1, 0.15) is 5.75 Å². The first-order chi connectivity index (χ1) is 12.4. The van der Waals surface area contributed by atoms with Gasteiger partial charge in [-0.15, -0.1) is 0 Å². The molecule has 140 valence electrons. The van der Waals surface area contributed by atoms with Crippen molar-refractivity contribution in [3.8, 4) is 10.9 Å². The Morgan fingerprint density at radius 2 is 2.08 bits per heavy atom. The fourth-order valence-electron chi connectivity index (χ4n) is 2.98. The second-order valence-corrected chi connectivity index (χ2v) is 10.2. The summed E-state index contributed by atoms with van der Waals surface area (Å²) in [6, 6.07) is 7.73. The molecule has 0 spiro atoms. The van der Waals surface area contributed by atoms with Crippen LogP contribution in [-0.4, -0.2) is 38.9 Å². The number of amides is 1. The van der Waals surface area contributed by atoms with Crippen LogP contribution in [0, 0.1) is 0 Å². The molecule has 6 heteroatoms. The number of ether oxygens (including phenoxy) is 1. The minimum Gasteiger partial charge on any atom is -0.431 e. The molecule has 4 nitrogen and oxygen atoms in total. The van der Waals surface area contributed by atoms with E-state index in [9.17, 15) is 4.79 Å². The minimum absolute atomic E-state index is 0.130. The predicted molar refractivity (Wildman–Crippen MR) is 110 cm³/mol. The second kappa shape index (κ2) is 8.44. The van der Waals surface area contributed by atoms with Crippen LogP contribution in [0.25, 0.3) is 0 Å². The van der Waals surface area contributed by atoms with E-state index in [1.165, 1.54) is 17.8 Å². The molecule has 1 aromatic heterocycles. The van der Waals surface area contributed by atoms with Gasteiger partial charge in [-0.05, 0) is 43.5 Å². The highest BCUT2D eigenvalue weighted by atomic mass is 32.2. The molecule has 0 bridgehead atoms. The number of piperidine rings is 1. The summed E-state index contributed by atoms with van der Waals surface area (Å²) in [5.74, 6) is 1.83. The zero-order valence-corrected chi connectivity index (χ0v) is 17.2. The molecule has 1 saturated heterocycles. The Bertz CT molecular complexity index is 708. The summed E-state index contributed by atoms with van der Waals surface area (Å²) >= 11 is 3.39. The predicted octanol–water partition coefficient (Wildman–Crippen LogP) is 5.46. The van der Waals surface area contributed by atoms with Gasteiger partial charge in [0.15, 0.2) is 0 Å². The maximum Gasteiger partial charge on any atom is 0.278 e. The van der Waals surface area contributed by atoms with Gasteiger partial charge >= 0.3 is 0 Å². The first-order valence-corrected chi connectivity index (χ1v) is 10.9. The molecule has 1 amide bonds. The number of thioether (sulfide) groups is 1. The van der Waals surface area contributed by atoms with Crippen LogP contribution in [0.3, 0.4) is 0 Å². The molecule has 0 saturated carbocycles. The highest BCUT2D eigenvalue weighted by Crippen LogP contribution is 2.30. The largest absolute Gasteiger partial charge is 0.431 e. The summed E-state index contributed by atoms with van der Waals surface area (Å²) in [7, 11) is 0. The zero-order chi connectivity index (χ0) is 18.6. The van der Waals surface area contributed by atoms with Gasteiger partial charge in [-0.2, -0.15) is 11.8 Å². The summed E-state index contributed by atoms with van der Waals surface area (Å²) in [5, 5.41) is 2.48. The first kappa shape index (κ1) is 19.2. The second-order valence-electron chi connectivity index (χ2n) is 7.50. The fraction of sp³-hybridized carbons (Fsp3) is 0.500. The van der Waals surface area contributed by atoms with E-state index in [2.05, 4.69) is 30.7 Å². The topological polar surface area (TPSA) is 42.4 Å². The highest BCUT2D eigenvalue weighted by molar-refractivity contribution is 8.00. The van der Waals surface area contributed by atoms with Crippen LogP contribution < -0.4 is 4.74 Å². The monoisotopic (exact) mass is 390 g/mol. The summed E-state index contributed by atoms with van der Waals surface area (Å²) < 4.78 is 5.90. The Balaban J connectivity index is 1.66. The van der Waals surface area contributed by atoms with Gasteiger partial charge in [-0.1, -0.05) is 32.1 Å². The van der Waals surface area contributed by atoms with E-state index in [0.29, 0.717) is 17.0 Å². The SMILES string of the molecule is CC(C)(C)SCC1CCCCN1C(=O)c1ccc(Oc2nccs2)cc1. The number of hydrogen-bond acceptors (Lipinski definition) is 5. The lowest BCUT2D eigenvalue weighted by Gasteiger charge is -2.37. The molecule has 1 aromatic carbocycles. The van der Waals surface area contributed by atoms with Gasteiger partial charge < -0.3 is 9.64 Å². The zero-order valence-electron chi connectivity index (χ0n) is 15.6. The Hall–Kier alpha value is -1.53. The number of benzene rings is 1. The van der Waals surface area contributed by atoms with Crippen LogP contribution in [0.5, 0.6) is 10.9 Å². The molecule has 3 rings (SSSR count). The molecule has 0 radical (unpaired) electrons. The van der Waals surface area contributed by atoms with Crippen LogP contribution in [0.4, 0.5) is 0 Å². The highest BCUT2D eigenvalue weighted by Gasteiger charge is 2.28. The molecule has 0 aliphatic carbocycles. The molecule has 2 heterocycles. The van der Waals surface area contributed by atoms with Gasteiger partial charge in [0.05, 0.1) is 0 Å². The van der Waals surface area contributed by atoms with Crippen molar-refractivity contribution in [3.05, 3.63) is 41.4 Å². The number of aromatic nitrogens is 1. The van der Waals surface area contributed by atoms with Gasteiger partial charge in [0.2, 0.25) is 0 Å². The van der Waals surface area contributed by atoms with Crippen molar-refractivity contribution in [2.75, 3.05) is 12.3 Å². The number of likely N-dealkylation sites (tertiary alicyclic amines) is 1. The van der Waals surface area contributed by atoms with Gasteiger partial charge in [-0.3, -0.25) is 4.79 Å². The number of thiazole rings is 1. The number of carbonyl (C=O) groups is 1. The molecule has 2 aromatic rings. The van der Waals surface area contributed by atoms with E-state index >= 15 is 0 Å². The van der Waals surface area contributed by atoms with Crippen molar-refractivity contribution in [1.82, 2.24) is 9.88 Å². The Morgan fingerprint density at radius 3 is 2.73 bits per heavy atom. The minimum atomic E-state index is 0.130. The van der Waals surface area contributed by atoms with Crippen molar-refractivity contribution in [3.63, 3.8) is 0 Å². The molecule has 1 aliphatic heterocycles. The van der Waals surface area contributed by atoms with Crippen LogP contribution in [0.1, 0.15) is 50.4 Å². The summed E-state index contributed by atoms with van der Waals surface area (Å²) in [6.07, 6.45) is 5.11. The van der Waals surface area contributed by atoms with E-state index in [1.807, 2.05) is 41.4 Å². The Kier molecular flexibility index (Phi) is 6.24. The Labute approximate surface area is 164 Å². The third-order valence-electron chi connectivity index (χ3n) is 4.31. The van der Waals surface area contributed by atoms with Crippen LogP contribution in [0.15, 0.2) is 35.8 Å². The van der Waals surface area contributed by atoms with E-state index in [0.717, 1.165) is 30.7 Å². The standard InChI is InChI=1S/C20H26N2O2S2/c1-20(2,3)26-14-16-6-4-5-12-22(16)18(23)15-7-9-17(10-8-15)24-19-21-11-13-25-19/h7-11,13,16H,4-6,12,14H2,1-3H3. The maximum atomic E-state index is 13.0. The van der Waals surface area contributed by atoms with Gasteiger partial charge in [-0.25, -0.2) is 4.98 Å². The maximum absolute atomic E-state index is 13.0. The molecular weight excluding hydrogens is 364 g/mol. The van der Waals surface area contributed by atoms with Crippen LogP contribution in [-0.2, 0) is 0 Å². The lowest BCUT2D eigenvalue weighted by Crippen LogP contribution is -2.45. The molecule has 1 unspecified atom stereocenters. The van der Waals surface area contributed by atoms with E-state index in [1.54, 1.807) is 6.20 Å². The van der Waals surface area contributed by atoms with Crippen LogP contribution >= 0.6 is 23.1 Å². The van der Waals surface area contributed by atoms with E-state index < -0.39 is 0 Å². The van der Waals surface area contributed by atoms with E-state index in [-0.39, 0.29) is 10.7 Å². The Morgan fingerprint density at radius 1 is 1.31 bits per heavy atom. The van der Waals surface area contributed by atoms with E-state index in [4.69, 9.17) is 4.74 Å². The van der Waals surface area contributed by atoms with Gasteiger partial charge in [0.25, 0.3) is 11.1 Å². The third-order valence-corrected chi connectivity index (χ3v) is 6.38. The van der Waals surface area contributed by atoms with Crippen molar-refractivity contribution in [2.24, 2.45) is 0 Å². The molecule has 1 fully saturated rings. The number of nitrogens with zero attached hydrogens (tertiary/aromatic N) is 2. The molecule has 26 heavy (non-hydrogen) atoms. The molecular formula is C20H26N2O2S2. The van der Waals surface area contributed by atoms with Crippen molar-refractivity contribution >= 4 is 29.0 Å². The smallest absolute Gasteiger partial charge is 0.278 e. The van der Waals surface area contributed by atoms with Crippen LogP contribution in [0.2, 0.25) is 0 Å². The van der Waals surface area contributed by atoms with Crippen molar-refractivity contribution in [1.29, 1.82) is 0 Å². The fourth-order valence-corrected chi connectivity index (χ4v) is 4.52. The summed E-state index contributed by atoms with van der Waals surface area (Å²) in [6.45, 7) is 7.54. The molecule has 1 aliphatic rings. The normalized spacial score (nSPS) is 18.0. The lowest BCUT2D eigenvalue weighted by molar-refractivity contribution is 0.0640.